The molecule has 7 nitrogen and oxygen atoms in total. The highest BCUT2D eigenvalue weighted by atomic mass is 16.3. The Kier molecular flexibility index (Phi) is 7.87. The molecule has 2 atom stereocenters. The van der Waals surface area contributed by atoms with Gasteiger partial charge in [-0.2, -0.15) is 0 Å². The molecule has 0 unspecified atom stereocenters. The molecule has 1 fully saturated rings. The smallest absolute Gasteiger partial charge is 0.291 e. The van der Waals surface area contributed by atoms with Crippen LogP contribution in [0.2, 0.25) is 0 Å². The molecule has 2 N–H and O–H groups in total. The SMILES string of the molecule is CC[C@@H](C)[C@H](NC(=O)c1ccccc1NC(=O)c1ccco1)C(=O)N1CCCCCC1. The lowest BCUT2D eigenvalue weighted by molar-refractivity contribution is -0.134. The van der Waals surface area contributed by atoms with Gasteiger partial charge in [-0.15, -0.1) is 0 Å². The molecule has 2 heterocycles. The van der Waals surface area contributed by atoms with Gasteiger partial charge in [0.05, 0.1) is 17.5 Å². The molecule has 31 heavy (non-hydrogen) atoms. The van der Waals surface area contributed by atoms with Crippen molar-refractivity contribution < 1.29 is 18.8 Å². The maximum Gasteiger partial charge on any atom is 0.291 e. The number of furan rings is 1. The zero-order valence-corrected chi connectivity index (χ0v) is 18.2. The Labute approximate surface area is 183 Å². The first kappa shape index (κ1) is 22.6. The van der Waals surface area contributed by atoms with E-state index in [-0.39, 0.29) is 23.5 Å². The van der Waals surface area contributed by atoms with E-state index in [2.05, 4.69) is 10.6 Å². The summed E-state index contributed by atoms with van der Waals surface area (Å²) in [6, 6.07) is 9.33. The Balaban J connectivity index is 1.77. The van der Waals surface area contributed by atoms with E-state index in [0.29, 0.717) is 11.3 Å². The van der Waals surface area contributed by atoms with Crippen LogP contribution in [-0.2, 0) is 4.79 Å². The van der Waals surface area contributed by atoms with Crippen LogP contribution in [0.15, 0.2) is 47.1 Å². The standard InChI is InChI=1S/C24H31N3O4/c1-3-17(2)21(24(30)27-14-8-4-5-9-15-27)26-22(28)18-11-6-7-12-19(18)25-23(29)20-13-10-16-31-20/h6-7,10-13,16-17,21H,3-5,8-9,14-15H2,1-2H3,(H,25,29)(H,26,28)/t17-,21+/m1/s1. The molecule has 166 valence electrons. The number of hydrogen-bond acceptors (Lipinski definition) is 4. The van der Waals surface area contributed by atoms with Gasteiger partial charge in [-0.1, -0.05) is 45.2 Å². The number of anilines is 1. The van der Waals surface area contributed by atoms with Gasteiger partial charge in [0.15, 0.2) is 5.76 Å². The molecule has 0 spiro atoms. The highest BCUT2D eigenvalue weighted by Crippen LogP contribution is 2.20. The van der Waals surface area contributed by atoms with Crippen LogP contribution < -0.4 is 10.6 Å². The summed E-state index contributed by atoms with van der Waals surface area (Å²) in [7, 11) is 0. The van der Waals surface area contributed by atoms with Crippen molar-refractivity contribution in [2.75, 3.05) is 18.4 Å². The van der Waals surface area contributed by atoms with Gasteiger partial charge >= 0.3 is 0 Å². The van der Waals surface area contributed by atoms with Crippen molar-refractivity contribution in [3.8, 4) is 0 Å². The maximum absolute atomic E-state index is 13.3. The summed E-state index contributed by atoms with van der Waals surface area (Å²) in [5.41, 5.74) is 0.672. The minimum Gasteiger partial charge on any atom is -0.459 e. The van der Waals surface area contributed by atoms with Gasteiger partial charge in [0.2, 0.25) is 5.91 Å². The number of nitrogens with one attached hydrogen (secondary N) is 2. The summed E-state index contributed by atoms with van der Waals surface area (Å²) in [5.74, 6) is -0.705. The molecule has 0 aliphatic carbocycles. The number of nitrogens with zero attached hydrogens (tertiary/aromatic N) is 1. The maximum atomic E-state index is 13.3. The number of likely N-dealkylation sites (tertiary alicyclic amines) is 1. The molecule has 2 aromatic rings. The van der Waals surface area contributed by atoms with Gasteiger partial charge in [-0.05, 0) is 43.0 Å². The Morgan fingerprint density at radius 3 is 2.35 bits per heavy atom. The van der Waals surface area contributed by atoms with Crippen LogP contribution in [0.5, 0.6) is 0 Å². The van der Waals surface area contributed by atoms with E-state index in [1.807, 2.05) is 18.7 Å². The average molecular weight is 426 g/mol. The Hall–Kier alpha value is -3.09. The lowest BCUT2D eigenvalue weighted by Gasteiger charge is -2.30. The minimum absolute atomic E-state index is 0.00965. The topological polar surface area (TPSA) is 91.6 Å². The van der Waals surface area contributed by atoms with E-state index in [9.17, 15) is 14.4 Å². The summed E-state index contributed by atoms with van der Waals surface area (Å²) in [6.45, 7) is 5.46. The lowest BCUT2D eigenvalue weighted by Crippen LogP contribution is -2.52. The van der Waals surface area contributed by atoms with Gasteiger partial charge in [0.1, 0.15) is 6.04 Å². The predicted octanol–water partition coefficient (Wildman–Crippen LogP) is 4.08. The Bertz CT molecular complexity index is 886. The van der Waals surface area contributed by atoms with Crippen molar-refractivity contribution in [1.29, 1.82) is 0 Å². The fraction of sp³-hybridized carbons (Fsp3) is 0.458. The van der Waals surface area contributed by atoms with Crippen molar-refractivity contribution in [1.82, 2.24) is 10.2 Å². The third-order valence-electron chi connectivity index (χ3n) is 5.85. The van der Waals surface area contributed by atoms with Crippen molar-refractivity contribution >= 4 is 23.4 Å². The third-order valence-corrected chi connectivity index (χ3v) is 5.85. The molecule has 1 aliphatic rings. The molecular formula is C24H31N3O4. The van der Waals surface area contributed by atoms with Gasteiger partial charge in [-0.3, -0.25) is 14.4 Å². The van der Waals surface area contributed by atoms with E-state index in [0.717, 1.165) is 45.2 Å². The number of carbonyl (C=O) groups excluding carboxylic acids is 3. The number of carbonyl (C=O) groups is 3. The highest BCUT2D eigenvalue weighted by Gasteiger charge is 2.31. The first-order valence-electron chi connectivity index (χ1n) is 11.0. The van der Waals surface area contributed by atoms with E-state index in [1.54, 1.807) is 36.4 Å². The van der Waals surface area contributed by atoms with Crippen LogP contribution in [-0.4, -0.2) is 41.8 Å². The molecule has 1 aliphatic heterocycles. The number of benzene rings is 1. The second-order valence-electron chi connectivity index (χ2n) is 8.05. The summed E-state index contributed by atoms with van der Waals surface area (Å²) in [5, 5.41) is 5.67. The monoisotopic (exact) mass is 425 g/mol. The van der Waals surface area contributed by atoms with Gasteiger partial charge < -0.3 is 20.0 Å². The molecule has 1 saturated heterocycles. The molecule has 0 radical (unpaired) electrons. The predicted molar refractivity (Wildman–Crippen MR) is 119 cm³/mol. The number of rotatable bonds is 7. The summed E-state index contributed by atoms with van der Waals surface area (Å²) in [6.07, 6.45) is 6.43. The molecule has 3 rings (SSSR count). The molecule has 7 heteroatoms. The fourth-order valence-corrected chi connectivity index (χ4v) is 3.77. The van der Waals surface area contributed by atoms with Crippen molar-refractivity contribution in [2.24, 2.45) is 5.92 Å². The van der Waals surface area contributed by atoms with Crippen LogP contribution >= 0.6 is 0 Å². The summed E-state index contributed by atoms with van der Waals surface area (Å²) < 4.78 is 5.12. The van der Waals surface area contributed by atoms with Gasteiger partial charge in [-0.25, -0.2) is 0 Å². The molecule has 0 bridgehead atoms. The van der Waals surface area contributed by atoms with Gasteiger partial charge in [0.25, 0.3) is 11.8 Å². The highest BCUT2D eigenvalue weighted by molar-refractivity contribution is 6.08. The number of amides is 3. The Morgan fingerprint density at radius 2 is 1.71 bits per heavy atom. The van der Waals surface area contributed by atoms with Crippen molar-refractivity contribution in [2.45, 2.75) is 52.0 Å². The lowest BCUT2D eigenvalue weighted by atomic mass is 9.97. The zero-order valence-electron chi connectivity index (χ0n) is 18.2. The van der Waals surface area contributed by atoms with Crippen molar-refractivity contribution in [3.63, 3.8) is 0 Å². The molecule has 3 amide bonds. The number of hydrogen-bond donors (Lipinski definition) is 2. The second kappa shape index (κ2) is 10.8. The molecule has 1 aromatic heterocycles. The van der Waals surface area contributed by atoms with Gasteiger partial charge in [0, 0.05) is 13.1 Å². The van der Waals surface area contributed by atoms with Crippen LogP contribution in [0.3, 0.4) is 0 Å². The van der Waals surface area contributed by atoms with Crippen LogP contribution in [0.4, 0.5) is 5.69 Å². The van der Waals surface area contributed by atoms with E-state index in [4.69, 9.17) is 4.42 Å². The Morgan fingerprint density at radius 1 is 1.00 bits per heavy atom. The van der Waals surface area contributed by atoms with E-state index in [1.165, 1.54) is 6.26 Å². The third kappa shape index (κ3) is 5.75. The van der Waals surface area contributed by atoms with E-state index < -0.39 is 11.9 Å². The zero-order chi connectivity index (χ0) is 22.2. The van der Waals surface area contributed by atoms with Crippen LogP contribution in [0, 0.1) is 5.92 Å². The largest absolute Gasteiger partial charge is 0.459 e. The first-order chi connectivity index (χ1) is 15.0. The second-order valence-corrected chi connectivity index (χ2v) is 8.05. The fourth-order valence-electron chi connectivity index (χ4n) is 3.77. The normalized spacial score (nSPS) is 16.1. The van der Waals surface area contributed by atoms with Crippen LogP contribution in [0.1, 0.15) is 66.9 Å². The quantitative estimate of drug-likeness (QED) is 0.699. The molecule has 0 saturated carbocycles. The summed E-state index contributed by atoms with van der Waals surface area (Å²) in [4.78, 5) is 40.7. The average Bonchev–Trinajstić information content (AvgIpc) is 3.19. The van der Waals surface area contributed by atoms with Crippen LogP contribution in [0.25, 0.3) is 0 Å². The van der Waals surface area contributed by atoms with Crippen molar-refractivity contribution in [3.05, 3.63) is 54.0 Å². The molecule has 1 aromatic carbocycles. The first-order valence-corrected chi connectivity index (χ1v) is 11.0. The number of para-hydroxylation sites is 1. The minimum atomic E-state index is -0.607. The molecular weight excluding hydrogens is 394 g/mol. The van der Waals surface area contributed by atoms with E-state index >= 15 is 0 Å². The summed E-state index contributed by atoms with van der Waals surface area (Å²) >= 11 is 0.